The maximum Gasteiger partial charge on any atom is 0.350 e. The Morgan fingerprint density at radius 1 is 0.880 bits per heavy atom. The van der Waals surface area contributed by atoms with Gasteiger partial charge in [0, 0.05) is 12.1 Å². The zero-order valence-corrected chi connectivity index (χ0v) is 30.6. The first kappa shape index (κ1) is 35.7. The predicted octanol–water partition coefficient (Wildman–Crippen LogP) is 9.69. The van der Waals surface area contributed by atoms with Crippen LogP contribution in [0.25, 0.3) is 23.1 Å². The molecule has 6 rings (SSSR count). The summed E-state index contributed by atoms with van der Waals surface area (Å²) in [6.07, 6.45) is 16.8. The number of allylic oxidation sites excluding steroid dienone is 3. The molecule has 3 aromatic rings. The number of hydrogen-bond donors (Lipinski definition) is 0. The molecule has 50 heavy (non-hydrogen) atoms. The molecule has 3 aliphatic heterocycles. The Balaban J connectivity index is 1.06. The van der Waals surface area contributed by atoms with E-state index in [9.17, 15) is 4.79 Å². The molecule has 266 valence electrons. The Labute approximate surface area is 295 Å². The number of hydrogen-bond acceptors (Lipinski definition) is 8. The minimum absolute atomic E-state index is 0.00985. The standard InChI is InChI=1S/C42H50O8/c1-27(18-22-44-32-14-13-31(29(3)25-32)12-11-30(4)43)10-16-38-41(7,8)50-42(49-38)21-17-33-36(47-42)26-35-34(20-24-45-35)39(33)46-23-19-28(2)9-15-37-40(5,6)48-37/h11-14,17-21,24-26,37-38H,9-10,15-16,22-23H2,1-8H3/b12-11-,27-18+,28-19+/t37?,38-,42+/m1/s1. The molecule has 2 saturated heterocycles. The number of aryl methyl sites for hydroxylation is 1. The van der Waals surface area contributed by atoms with Gasteiger partial charge in [-0.2, -0.15) is 0 Å². The number of benzene rings is 2. The number of rotatable bonds is 14. The fourth-order valence-electron chi connectivity index (χ4n) is 6.51. The van der Waals surface area contributed by atoms with Crippen molar-refractivity contribution in [3.8, 4) is 17.2 Å². The summed E-state index contributed by atoms with van der Waals surface area (Å²) in [7, 11) is 0. The molecular weight excluding hydrogens is 632 g/mol. The van der Waals surface area contributed by atoms with E-state index >= 15 is 0 Å². The van der Waals surface area contributed by atoms with Crippen LogP contribution < -0.4 is 14.2 Å². The molecular formula is C42H50O8. The number of carbonyl (C=O) groups excluding carboxylic acids is 1. The quantitative estimate of drug-likeness (QED) is 0.0944. The summed E-state index contributed by atoms with van der Waals surface area (Å²) in [5.41, 5.74) is 5.44. The Morgan fingerprint density at radius 2 is 1.56 bits per heavy atom. The monoisotopic (exact) mass is 682 g/mol. The Morgan fingerprint density at radius 3 is 2.22 bits per heavy atom. The second-order valence-corrected chi connectivity index (χ2v) is 14.8. The van der Waals surface area contributed by atoms with Crippen LogP contribution >= 0.6 is 0 Å². The van der Waals surface area contributed by atoms with E-state index in [1.807, 2.05) is 69.3 Å². The average Bonchev–Trinajstić information content (AvgIpc) is 3.31. The zero-order chi connectivity index (χ0) is 35.7. The first-order chi connectivity index (χ1) is 23.7. The van der Waals surface area contributed by atoms with E-state index in [4.69, 9.17) is 32.8 Å². The molecule has 8 heteroatoms. The van der Waals surface area contributed by atoms with Crippen LogP contribution in [0.1, 0.15) is 90.8 Å². The molecule has 2 aromatic carbocycles. The van der Waals surface area contributed by atoms with Crippen LogP contribution in [-0.4, -0.2) is 48.4 Å². The van der Waals surface area contributed by atoms with Crippen molar-refractivity contribution in [3.63, 3.8) is 0 Å². The van der Waals surface area contributed by atoms with Gasteiger partial charge >= 0.3 is 5.97 Å². The third kappa shape index (κ3) is 8.26. The molecule has 3 aliphatic rings. The van der Waals surface area contributed by atoms with Crippen LogP contribution in [0.5, 0.6) is 17.2 Å². The van der Waals surface area contributed by atoms with Crippen molar-refractivity contribution in [2.24, 2.45) is 0 Å². The van der Waals surface area contributed by atoms with Crippen molar-refractivity contribution in [2.45, 2.75) is 110 Å². The van der Waals surface area contributed by atoms with Gasteiger partial charge in [0.25, 0.3) is 0 Å². The van der Waals surface area contributed by atoms with Crippen LogP contribution in [0.4, 0.5) is 0 Å². The Hall–Kier alpha value is -4.11. The molecule has 4 heterocycles. The number of fused-ring (bicyclic) bond motifs is 2. The van der Waals surface area contributed by atoms with E-state index in [2.05, 4.69) is 39.8 Å². The van der Waals surface area contributed by atoms with Gasteiger partial charge in [-0.25, -0.2) is 0 Å². The largest absolute Gasteiger partial charge is 0.490 e. The van der Waals surface area contributed by atoms with Crippen LogP contribution in [0, 0.1) is 6.92 Å². The summed E-state index contributed by atoms with van der Waals surface area (Å²) < 4.78 is 43.4. The fourth-order valence-corrected chi connectivity index (χ4v) is 6.51. The predicted molar refractivity (Wildman–Crippen MR) is 195 cm³/mol. The highest BCUT2D eigenvalue weighted by Crippen LogP contribution is 2.48. The van der Waals surface area contributed by atoms with Crippen molar-refractivity contribution >= 4 is 28.9 Å². The molecule has 1 spiro atoms. The first-order valence-corrected chi connectivity index (χ1v) is 17.6. The Bertz CT molecular complexity index is 1850. The lowest BCUT2D eigenvalue weighted by Gasteiger charge is -2.30. The minimum Gasteiger partial charge on any atom is -0.490 e. The van der Waals surface area contributed by atoms with Gasteiger partial charge in [-0.05, 0) is 135 Å². The molecule has 0 amide bonds. The second-order valence-electron chi connectivity index (χ2n) is 14.8. The van der Waals surface area contributed by atoms with Gasteiger partial charge in [0.2, 0.25) is 0 Å². The van der Waals surface area contributed by atoms with E-state index in [0.717, 1.165) is 53.5 Å². The fraction of sp³-hybridized carbons (Fsp3) is 0.452. The molecule has 0 radical (unpaired) electrons. The molecule has 0 saturated carbocycles. The molecule has 0 N–H and O–H groups in total. The van der Waals surface area contributed by atoms with E-state index in [0.29, 0.717) is 36.4 Å². The lowest BCUT2D eigenvalue weighted by molar-refractivity contribution is -0.270. The lowest BCUT2D eigenvalue weighted by atomic mass is 9.96. The highest BCUT2D eigenvalue weighted by Gasteiger charge is 2.54. The SMILES string of the molecule is CC(=O)/C=C\c1ccc(OC/C=C(\C)CC[C@H]2O[C@@]3(C=Cc4c(cc5occc5c4OC/C=C(\C)CCC4OC4(C)C)O3)OC2(C)C)cc1C. The summed E-state index contributed by atoms with van der Waals surface area (Å²) in [6.45, 7) is 17.0. The number of furan rings is 1. The number of ether oxygens (including phenoxy) is 6. The third-order valence-corrected chi connectivity index (χ3v) is 9.75. The highest BCUT2D eigenvalue weighted by atomic mass is 16.9. The van der Waals surface area contributed by atoms with Crippen molar-refractivity contribution in [2.75, 3.05) is 13.2 Å². The molecule has 0 aliphatic carbocycles. The van der Waals surface area contributed by atoms with Gasteiger partial charge in [-0.15, -0.1) is 0 Å². The van der Waals surface area contributed by atoms with Crippen molar-refractivity contribution in [3.05, 3.63) is 88.7 Å². The molecule has 8 nitrogen and oxygen atoms in total. The summed E-state index contributed by atoms with van der Waals surface area (Å²) in [4.78, 5) is 11.3. The van der Waals surface area contributed by atoms with Crippen LogP contribution in [0.3, 0.4) is 0 Å². The molecule has 0 bridgehead atoms. The minimum atomic E-state index is -1.35. The van der Waals surface area contributed by atoms with Crippen molar-refractivity contribution < 1.29 is 37.6 Å². The van der Waals surface area contributed by atoms with E-state index < -0.39 is 11.6 Å². The van der Waals surface area contributed by atoms with E-state index in [1.54, 1.807) is 19.3 Å². The van der Waals surface area contributed by atoms with Gasteiger partial charge in [-0.3, -0.25) is 4.79 Å². The van der Waals surface area contributed by atoms with Crippen LogP contribution in [0.15, 0.2) is 76.5 Å². The van der Waals surface area contributed by atoms with E-state index in [-0.39, 0.29) is 17.5 Å². The smallest absolute Gasteiger partial charge is 0.350 e. The van der Waals surface area contributed by atoms with E-state index in [1.165, 1.54) is 11.1 Å². The van der Waals surface area contributed by atoms with Crippen molar-refractivity contribution in [1.82, 2.24) is 0 Å². The molecule has 1 aromatic heterocycles. The maximum absolute atomic E-state index is 11.3. The number of epoxide rings is 1. The summed E-state index contributed by atoms with van der Waals surface area (Å²) in [5, 5.41) is 0.888. The molecule has 2 fully saturated rings. The van der Waals surface area contributed by atoms with Gasteiger partial charge < -0.3 is 32.8 Å². The molecule has 1 unspecified atom stereocenters. The van der Waals surface area contributed by atoms with Crippen LogP contribution in [0.2, 0.25) is 0 Å². The van der Waals surface area contributed by atoms with Crippen LogP contribution in [-0.2, 0) is 19.0 Å². The second kappa shape index (κ2) is 14.3. The summed E-state index contributed by atoms with van der Waals surface area (Å²) >= 11 is 0. The highest BCUT2D eigenvalue weighted by molar-refractivity contribution is 5.92. The first-order valence-electron chi connectivity index (χ1n) is 17.6. The van der Waals surface area contributed by atoms with Crippen molar-refractivity contribution in [1.29, 1.82) is 0 Å². The number of ketones is 1. The molecule has 3 atom stereocenters. The number of carbonyl (C=O) groups is 1. The van der Waals surface area contributed by atoms with Gasteiger partial charge in [-0.1, -0.05) is 23.3 Å². The third-order valence-electron chi connectivity index (χ3n) is 9.75. The normalized spacial score (nSPS) is 23.8. The summed E-state index contributed by atoms with van der Waals surface area (Å²) in [5.74, 6) is 0.760. The lowest BCUT2D eigenvalue weighted by Crippen LogP contribution is -2.38. The Kier molecular flexibility index (Phi) is 10.2. The van der Waals surface area contributed by atoms with Gasteiger partial charge in [0.05, 0.1) is 40.6 Å². The van der Waals surface area contributed by atoms with Gasteiger partial charge in [0.1, 0.15) is 36.0 Å². The summed E-state index contributed by atoms with van der Waals surface area (Å²) in [6, 6.07) is 9.67. The topological polar surface area (TPSA) is 88.9 Å². The maximum atomic E-state index is 11.3. The zero-order valence-electron chi connectivity index (χ0n) is 30.6. The van der Waals surface area contributed by atoms with Gasteiger partial charge in [0.15, 0.2) is 5.78 Å². The average molecular weight is 683 g/mol.